The van der Waals surface area contributed by atoms with Gasteiger partial charge in [-0.25, -0.2) is 0 Å². The fourth-order valence-corrected chi connectivity index (χ4v) is 1.08. The van der Waals surface area contributed by atoms with Gasteiger partial charge in [-0.3, -0.25) is 0 Å². The monoisotopic (exact) mass is 153 g/mol. The van der Waals surface area contributed by atoms with Crippen LogP contribution in [-0.2, 0) is 0 Å². The number of hydrogen-bond acceptors (Lipinski definition) is 1. The number of nitrogens with zero attached hydrogens (tertiary/aromatic N) is 1. The number of allylic oxidation sites excluding steroid dienone is 1. The second-order valence-corrected chi connectivity index (χ2v) is 3.09. The molecule has 1 unspecified atom stereocenters. The summed E-state index contributed by atoms with van der Waals surface area (Å²) in [7, 11) is 4.20. The fraction of sp³-hybridized carbons (Fsp3) is 0.600. The Labute approximate surface area is 70.4 Å². The maximum atomic E-state index is 3.90. The minimum absolute atomic E-state index is 0.612. The van der Waals surface area contributed by atoms with Gasteiger partial charge in [0.25, 0.3) is 0 Å². The predicted octanol–water partition coefficient (Wildman–Crippen LogP) is 2.46. The van der Waals surface area contributed by atoms with Crippen LogP contribution in [0.3, 0.4) is 0 Å². The number of hydrogen-bond donors (Lipinski definition) is 0. The predicted molar refractivity (Wildman–Crippen MR) is 51.7 cm³/mol. The molecule has 11 heavy (non-hydrogen) atoms. The molecule has 0 N–H and O–H groups in total. The van der Waals surface area contributed by atoms with Gasteiger partial charge < -0.3 is 4.90 Å². The average molecular weight is 153 g/mol. The van der Waals surface area contributed by atoms with Gasteiger partial charge in [0.2, 0.25) is 0 Å². The Bertz CT molecular complexity index is 136. The second kappa shape index (κ2) is 5.14. The van der Waals surface area contributed by atoms with Gasteiger partial charge in [-0.1, -0.05) is 31.7 Å². The van der Waals surface area contributed by atoms with E-state index in [0.29, 0.717) is 6.04 Å². The highest BCUT2D eigenvalue weighted by molar-refractivity contribution is 5.12. The van der Waals surface area contributed by atoms with Crippen molar-refractivity contribution in [2.75, 3.05) is 14.1 Å². The summed E-state index contributed by atoms with van der Waals surface area (Å²) in [5.74, 6) is 0. The minimum atomic E-state index is 0.612. The quantitative estimate of drug-likeness (QED) is 0.548. The lowest BCUT2D eigenvalue weighted by Gasteiger charge is -2.22. The van der Waals surface area contributed by atoms with Crippen molar-refractivity contribution >= 4 is 0 Å². The first-order valence-corrected chi connectivity index (χ1v) is 4.08. The van der Waals surface area contributed by atoms with Gasteiger partial charge in [-0.05, 0) is 26.9 Å². The average Bonchev–Trinajstić information content (AvgIpc) is 1.99. The van der Waals surface area contributed by atoms with Gasteiger partial charge >= 0.3 is 0 Å². The number of rotatable bonds is 5. The smallest absolute Gasteiger partial charge is 0.0127 e. The largest absolute Gasteiger partial charge is 0.306 e. The zero-order chi connectivity index (χ0) is 8.85. The van der Waals surface area contributed by atoms with Crippen molar-refractivity contribution in [3.05, 3.63) is 24.8 Å². The van der Waals surface area contributed by atoms with E-state index in [1.807, 2.05) is 6.08 Å². The van der Waals surface area contributed by atoms with Crippen molar-refractivity contribution in [2.24, 2.45) is 0 Å². The van der Waals surface area contributed by atoms with Crippen molar-refractivity contribution < 1.29 is 0 Å². The summed E-state index contributed by atoms with van der Waals surface area (Å²) >= 11 is 0. The zero-order valence-electron chi connectivity index (χ0n) is 7.93. The van der Waals surface area contributed by atoms with Crippen LogP contribution >= 0.6 is 0 Å². The molecule has 0 aromatic rings. The van der Waals surface area contributed by atoms with Crippen LogP contribution in [-0.4, -0.2) is 25.0 Å². The van der Waals surface area contributed by atoms with Crippen molar-refractivity contribution in [1.29, 1.82) is 0 Å². The zero-order valence-corrected chi connectivity index (χ0v) is 7.93. The summed E-state index contributed by atoms with van der Waals surface area (Å²) in [6.07, 6.45) is 4.04. The summed E-state index contributed by atoms with van der Waals surface area (Å²) in [5.41, 5.74) is 1.13. The van der Waals surface area contributed by atoms with E-state index >= 15 is 0 Å². The van der Waals surface area contributed by atoms with Crippen LogP contribution in [0.25, 0.3) is 0 Å². The molecule has 1 nitrogen and oxygen atoms in total. The van der Waals surface area contributed by atoms with Crippen molar-refractivity contribution in [3.8, 4) is 0 Å². The first-order valence-electron chi connectivity index (χ1n) is 4.08. The Kier molecular flexibility index (Phi) is 4.88. The third-order valence-corrected chi connectivity index (χ3v) is 1.99. The van der Waals surface area contributed by atoms with E-state index in [0.717, 1.165) is 12.0 Å². The second-order valence-electron chi connectivity index (χ2n) is 3.09. The molecule has 0 bridgehead atoms. The van der Waals surface area contributed by atoms with Crippen molar-refractivity contribution in [2.45, 2.75) is 25.8 Å². The first-order chi connectivity index (χ1) is 5.11. The molecule has 64 valence electrons. The van der Waals surface area contributed by atoms with Crippen LogP contribution < -0.4 is 0 Å². The van der Waals surface area contributed by atoms with Gasteiger partial charge in [0.15, 0.2) is 0 Å². The Morgan fingerprint density at radius 3 is 2.36 bits per heavy atom. The van der Waals surface area contributed by atoms with E-state index in [4.69, 9.17) is 0 Å². The molecule has 0 aromatic carbocycles. The minimum Gasteiger partial charge on any atom is -0.306 e. The lowest BCUT2D eigenvalue weighted by molar-refractivity contribution is 0.285. The maximum absolute atomic E-state index is 3.90. The Morgan fingerprint density at radius 2 is 2.09 bits per heavy atom. The lowest BCUT2D eigenvalue weighted by atomic mass is 10.0. The SMILES string of the molecule is C=CC(=C)CC(CC)N(C)C. The standard InChI is InChI=1S/C10H19N/c1-6-9(3)8-10(7-2)11(4)5/h6,10H,1,3,7-8H2,2,4-5H3. The molecule has 0 spiro atoms. The molecule has 0 aliphatic carbocycles. The molecule has 1 heteroatoms. The first kappa shape index (κ1) is 10.4. The van der Waals surface area contributed by atoms with Crippen LogP contribution in [0.15, 0.2) is 24.8 Å². The summed E-state index contributed by atoms with van der Waals surface area (Å²) in [6, 6.07) is 0.612. The van der Waals surface area contributed by atoms with E-state index in [-0.39, 0.29) is 0 Å². The van der Waals surface area contributed by atoms with E-state index in [1.54, 1.807) is 0 Å². The molecule has 0 aromatic heterocycles. The highest BCUT2D eigenvalue weighted by Gasteiger charge is 2.07. The topological polar surface area (TPSA) is 3.24 Å². The van der Waals surface area contributed by atoms with Gasteiger partial charge in [-0.15, -0.1) is 0 Å². The molecule has 0 saturated heterocycles. The van der Waals surface area contributed by atoms with E-state index in [2.05, 4.69) is 39.1 Å². The summed E-state index contributed by atoms with van der Waals surface area (Å²) in [4.78, 5) is 2.23. The lowest BCUT2D eigenvalue weighted by Crippen LogP contribution is -2.27. The third kappa shape index (κ3) is 3.99. The molecule has 0 radical (unpaired) electrons. The molecule has 0 rings (SSSR count). The molecule has 0 fully saturated rings. The molecule has 1 atom stereocenters. The highest BCUT2D eigenvalue weighted by atomic mass is 15.1. The Morgan fingerprint density at radius 1 is 1.55 bits per heavy atom. The molecule has 0 aliphatic heterocycles. The van der Waals surface area contributed by atoms with E-state index in [9.17, 15) is 0 Å². The molecular weight excluding hydrogens is 134 g/mol. The molecule has 0 heterocycles. The normalized spacial score (nSPS) is 13.1. The molecule has 0 saturated carbocycles. The summed E-state index contributed by atoms with van der Waals surface area (Å²) < 4.78 is 0. The van der Waals surface area contributed by atoms with Crippen LogP contribution in [0.5, 0.6) is 0 Å². The van der Waals surface area contributed by atoms with Crippen LogP contribution in [0.2, 0.25) is 0 Å². The summed E-state index contributed by atoms with van der Waals surface area (Å²) in [5, 5.41) is 0. The van der Waals surface area contributed by atoms with Crippen molar-refractivity contribution in [1.82, 2.24) is 4.90 Å². The van der Waals surface area contributed by atoms with Gasteiger partial charge in [0.1, 0.15) is 0 Å². The maximum Gasteiger partial charge on any atom is 0.0127 e. The van der Waals surface area contributed by atoms with Crippen LogP contribution in [0.4, 0.5) is 0 Å². The molecular formula is C10H19N. The van der Waals surface area contributed by atoms with Crippen LogP contribution in [0.1, 0.15) is 19.8 Å². The van der Waals surface area contributed by atoms with E-state index in [1.165, 1.54) is 6.42 Å². The Balaban J connectivity index is 3.87. The summed E-state index contributed by atoms with van der Waals surface area (Å²) in [6.45, 7) is 9.78. The molecule has 0 aliphatic rings. The van der Waals surface area contributed by atoms with E-state index < -0.39 is 0 Å². The third-order valence-electron chi connectivity index (χ3n) is 1.99. The van der Waals surface area contributed by atoms with Gasteiger partial charge in [-0.2, -0.15) is 0 Å². The fourth-order valence-electron chi connectivity index (χ4n) is 1.08. The van der Waals surface area contributed by atoms with Gasteiger partial charge in [0.05, 0.1) is 0 Å². The van der Waals surface area contributed by atoms with Crippen molar-refractivity contribution in [3.63, 3.8) is 0 Å². The molecule has 0 amide bonds. The van der Waals surface area contributed by atoms with Gasteiger partial charge in [0, 0.05) is 6.04 Å². The Hall–Kier alpha value is -0.560. The van der Waals surface area contributed by atoms with Crippen LogP contribution in [0, 0.1) is 0 Å². The highest BCUT2D eigenvalue weighted by Crippen LogP contribution is 2.10.